The molecule has 0 saturated carbocycles. The molecule has 0 aliphatic rings. The molecule has 12 heteroatoms. The molecule has 0 radical (unpaired) electrons. The second-order valence-corrected chi connectivity index (χ2v) is 3.60. The quantitative estimate of drug-likeness (QED) is 0.784. The largest absolute Gasteiger partial charge is 0.479 e. The highest BCUT2D eigenvalue weighted by Crippen LogP contribution is 2.55. The summed E-state index contributed by atoms with van der Waals surface area (Å²) in [7, 11) is 0. The van der Waals surface area contributed by atoms with Gasteiger partial charge in [-0.3, -0.25) is 0 Å². The molecule has 0 amide bonds. The van der Waals surface area contributed by atoms with Gasteiger partial charge in [0, 0.05) is 0 Å². The first kappa shape index (κ1) is 17.8. The van der Waals surface area contributed by atoms with Crippen LogP contribution in [-0.2, 0) is 4.79 Å². The highest BCUT2D eigenvalue weighted by Gasteiger charge is 2.86. The van der Waals surface area contributed by atoms with Gasteiger partial charge in [0.05, 0.1) is 0 Å². The fraction of sp³-hybridized carbons (Fsp3) is 0.857. The maximum absolute atomic E-state index is 12.9. The minimum Gasteiger partial charge on any atom is -0.479 e. The molecule has 19 heavy (non-hydrogen) atoms. The molecular weight excluding hydrogens is 303 g/mol. The molecule has 0 saturated heterocycles. The van der Waals surface area contributed by atoms with Crippen LogP contribution < -0.4 is 0 Å². The van der Waals surface area contributed by atoms with Crippen LogP contribution in [0.1, 0.15) is 6.92 Å². The molecule has 0 rings (SSSR count). The van der Waals surface area contributed by atoms with Crippen LogP contribution in [0.15, 0.2) is 0 Å². The van der Waals surface area contributed by atoms with Gasteiger partial charge in [-0.05, 0) is 6.92 Å². The number of hydrogen-bond acceptors (Lipinski definition) is 2. The van der Waals surface area contributed by atoms with E-state index >= 15 is 0 Å². The maximum Gasteiger partial charge on any atom is 0.460 e. The molecule has 2 N–H and O–H groups in total. The van der Waals surface area contributed by atoms with E-state index in [2.05, 4.69) is 0 Å². The lowest BCUT2D eigenvalue weighted by Crippen LogP contribution is -2.69. The maximum atomic E-state index is 12.9. The second-order valence-electron chi connectivity index (χ2n) is 3.60. The first-order chi connectivity index (χ1) is 7.94. The summed E-state index contributed by atoms with van der Waals surface area (Å²) in [5.74, 6) is -24.1. The Kier molecular flexibility index (Phi) is 3.89. The number of alkyl halides is 9. The lowest BCUT2D eigenvalue weighted by atomic mass is 9.89. The van der Waals surface area contributed by atoms with Crippen LogP contribution in [0.25, 0.3) is 0 Å². The molecule has 0 aromatic carbocycles. The van der Waals surface area contributed by atoms with E-state index in [0.717, 1.165) is 0 Å². The summed E-state index contributed by atoms with van der Waals surface area (Å²) in [6.07, 6.45) is -7.07. The highest BCUT2D eigenvalue weighted by molar-refractivity contribution is 5.78. The predicted molar refractivity (Wildman–Crippen MR) is 39.2 cm³/mol. The molecule has 0 heterocycles. The van der Waals surface area contributed by atoms with Gasteiger partial charge in [0.25, 0.3) is 0 Å². The van der Waals surface area contributed by atoms with Crippen molar-refractivity contribution < 1.29 is 54.5 Å². The van der Waals surface area contributed by atoms with Crippen LogP contribution in [0.5, 0.6) is 0 Å². The van der Waals surface area contributed by atoms with Crippen LogP contribution in [0.3, 0.4) is 0 Å². The monoisotopic (exact) mass is 308 g/mol. The number of halogens is 9. The zero-order valence-electron chi connectivity index (χ0n) is 8.70. The first-order valence-electron chi connectivity index (χ1n) is 4.10. The first-order valence-corrected chi connectivity index (χ1v) is 4.10. The summed E-state index contributed by atoms with van der Waals surface area (Å²) in [5, 5.41) is 16.6. The summed E-state index contributed by atoms with van der Waals surface area (Å²) in [5.41, 5.74) is -4.84. The van der Waals surface area contributed by atoms with Crippen LogP contribution in [0, 0.1) is 0 Å². The fourth-order valence-electron chi connectivity index (χ4n) is 0.815. The van der Waals surface area contributed by atoms with Crippen molar-refractivity contribution >= 4 is 5.97 Å². The molecule has 114 valence electrons. The lowest BCUT2D eigenvalue weighted by Gasteiger charge is -2.38. The average Bonchev–Trinajstić information content (AvgIpc) is 2.14. The van der Waals surface area contributed by atoms with Crippen molar-refractivity contribution in [1.82, 2.24) is 0 Å². The van der Waals surface area contributed by atoms with Crippen molar-refractivity contribution in [3.63, 3.8) is 0 Å². The van der Waals surface area contributed by atoms with Gasteiger partial charge in [0.15, 0.2) is 0 Å². The number of carboxylic acid groups (broad SMARTS) is 1. The summed E-state index contributed by atoms with van der Waals surface area (Å²) in [6.45, 7) is -0.532. The zero-order valence-corrected chi connectivity index (χ0v) is 8.70. The van der Waals surface area contributed by atoms with Gasteiger partial charge in [-0.2, -0.15) is 39.5 Å². The number of carbonyl (C=O) groups is 1. The molecule has 1 atom stereocenters. The summed E-state index contributed by atoms with van der Waals surface area (Å²) >= 11 is 0. The molecule has 0 bridgehead atoms. The number of aliphatic hydroxyl groups is 1. The Bertz CT molecular complexity index is 370. The molecule has 0 spiro atoms. The molecule has 1 unspecified atom stereocenters. The molecule has 0 aromatic heterocycles. The second kappa shape index (κ2) is 4.15. The standard InChI is InChI=1S/C7H5F9O3/c1-3(19,2(17)18)4(8,9)5(10,11)6(12,13)7(14,15)16/h19H,1H3,(H,17,18). The van der Waals surface area contributed by atoms with Crippen molar-refractivity contribution in [2.75, 3.05) is 0 Å². The van der Waals surface area contributed by atoms with Gasteiger partial charge in [-0.15, -0.1) is 0 Å². The third kappa shape index (κ3) is 2.21. The molecule has 0 aromatic rings. The third-order valence-electron chi connectivity index (χ3n) is 2.17. The summed E-state index contributed by atoms with van der Waals surface area (Å²) in [6, 6.07) is 0. The van der Waals surface area contributed by atoms with E-state index in [4.69, 9.17) is 10.2 Å². The van der Waals surface area contributed by atoms with Crippen LogP contribution in [0.2, 0.25) is 0 Å². The Labute approximate surface area is 98.2 Å². The van der Waals surface area contributed by atoms with Crippen LogP contribution >= 0.6 is 0 Å². The van der Waals surface area contributed by atoms with Crippen molar-refractivity contribution in [3.8, 4) is 0 Å². The van der Waals surface area contributed by atoms with E-state index in [1.54, 1.807) is 0 Å². The minimum atomic E-state index is -7.25. The SMILES string of the molecule is CC(O)(C(=O)O)C(F)(F)C(F)(F)C(F)(F)C(F)(F)F. The van der Waals surface area contributed by atoms with Gasteiger partial charge >= 0.3 is 29.9 Å². The van der Waals surface area contributed by atoms with Crippen molar-refractivity contribution in [2.24, 2.45) is 0 Å². The lowest BCUT2D eigenvalue weighted by molar-refractivity contribution is -0.412. The smallest absolute Gasteiger partial charge is 0.460 e. The van der Waals surface area contributed by atoms with Gasteiger partial charge in [-0.25, -0.2) is 4.79 Å². The van der Waals surface area contributed by atoms with E-state index in [0.29, 0.717) is 0 Å². The van der Waals surface area contributed by atoms with Crippen molar-refractivity contribution in [1.29, 1.82) is 0 Å². The number of rotatable bonds is 4. The Morgan fingerprint density at radius 2 is 1.11 bits per heavy atom. The van der Waals surface area contributed by atoms with Crippen molar-refractivity contribution in [3.05, 3.63) is 0 Å². The number of carboxylic acids is 1. The fourth-order valence-corrected chi connectivity index (χ4v) is 0.815. The Morgan fingerprint density at radius 1 is 0.789 bits per heavy atom. The zero-order chi connectivity index (χ0) is 16.1. The molecule has 0 aliphatic heterocycles. The van der Waals surface area contributed by atoms with Crippen molar-refractivity contribution in [2.45, 2.75) is 36.5 Å². The highest BCUT2D eigenvalue weighted by atomic mass is 19.4. The third-order valence-corrected chi connectivity index (χ3v) is 2.17. The van der Waals surface area contributed by atoms with E-state index in [-0.39, 0.29) is 0 Å². The Morgan fingerprint density at radius 3 is 1.32 bits per heavy atom. The molecule has 0 aliphatic carbocycles. The average molecular weight is 308 g/mol. The molecular formula is C7H5F9O3. The van der Waals surface area contributed by atoms with E-state index < -0.39 is 42.4 Å². The normalized spacial score (nSPS) is 18.1. The van der Waals surface area contributed by atoms with E-state index in [1.807, 2.05) is 0 Å². The Balaban J connectivity index is 5.99. The van der Waals surface area contributed by atoms with E-state index in [9.17, 15) is 44.3 Å². The minimum absolute atomic E-state index is 0.532. The van der Waals surface area contributed by atoms with Gasteiger partial charge < -0.3 is 10.2 Å². The summed E-state index contributed by atoms with van der Waals surface area (Å²) in [4.78, 5) is 10.1. The predicted octanol–water partition coefficient (Wildman–Crippen LogP) is 2.29. The van der Waals surface area contributed by atoms with Gasteiger partial charge in [-0.1, -0.05) is 0 Å². The Hall–Kier alpha value is -1.20. The van der Waals surface area contributed by atoms with Crippen LogP contribution in [-0.4, -0.2) is 45.7 Å². The van der Waals surface area contributed by atoms with Gasteiger partial charge in [0.2, 0.25) is 5.60 Å². The number of hydrogen-bond donors (Lipinski definition) is 2. The molecule has 3 nitrogen and oxygen atoms in total. The topological polar surface area (TPSA) is 57.5 Å². The van der Waals surface area contributed by atoms with Gasteiger partial charge in [0.1, 0.15) is 0 Å². The number of aliphatic carboxylic acids is 1. The molecule has 0 fully saturated rings. The van der Waals surface area contributed by atoms with E-state index in [1.165, 1.54) is 0 Å². The van der Waals surface area contributed by atoms with Crippen LogP contribution in [0.4, 0.5) is 39.5 Å². The summed E-state index contributed by atoms with van der Waals surface area (Å²) < 4.78 is 111.